The molecule has 1 fully saturated rings. The number of rotatable bonds is 2. The van der Waals surface area contributed by atoms with Crippen molar-refractivity contribution in [2.75, 3.05) is 45.2 Å². The van der Waals surface area contributed by atoms with Gasteiger partial charge in [0.1, 0.15) is 0 Å². The van der Waals surface area contributed by atoms with Crippen LogP contribution in [0.2, 0.25) is 0 Å². The van der Waals surface area contributed by atoms with Gasteiger partial charge in [0.2, 0.25) is 0 Å². The van der Waals surface area contributed by atoms with E-state index in [0.29, 0.717) is 0 Å². The van der Waals surface area contributed by atoms with Crippen molar-refractivity contribution in [3.05, 3.63) is 42.0 Å². The van der Waals surface area contributed by atoms with Crippen LogP contribution < -0.4 is 4.90 Å². The Morgan fingerprint density at radius 2 is 1.62 bits per heavy atom. The molecule has 0 bridgehead atoms. The molecule has 0 aliphatic carbocycles. The summed E-state index contributed by atoms with van der Waals surface area (Å²) in [6.45, 7) is 6.18. The minimum Gasteiger partial charge on any atom is -0.360 e. The first-order valence-electron chi connectivity index (χ1n) is 7.56. The van der Waals surface area contributed by atoms with Gasteiger partial charge in [-0.3, -0.25) is 4.79 Å². The molecule has 0 aromatic heterocycles. The highest BCUT2D eigenvalue weighted by atomic mass is 16.1. The van der Waals surface area contributed by atoms with Gasteiger partial charge in [0.05, 0.1) is 40.3 Å². The molecule has 1 aliphatic rings. The molecule has 1 aliphatic heterocycles. The molecule has 110 valence electrons. The maximum absolute atomic E-state index is 11.5. The molecule has 2 aromatic carbocycles. The zero-order chi connectivity index (χ0) is 15.0. The number of nitrogens with zero attached hydrogens (tertiary/aromatic N) is 2. The molecule has 0 radical (unpaired) electrons. The molecule has 21 heavy (non-hydrogen) atoms. The van der Waals surface area contributed by atoms with E-state index in [2.05, 4.69) is 43.3 Å². The number of likely N-dealkylation sites (N-methyl/N-ethyl adjacent to an activating group) is 1. The summed E-state index contributed by atoms with van der Waals surface area (Å²) in [6.07, 6.45) is 0. The third-order valence-electron chi connectivity index (χ3n) is 4.55. The molecule has 0 N–H and O–H groups in total. The fraction of sp³-hybridized carbons (Fsp3) is 0.389. The van der Waals surface area contributed by atoms with Gasteiger partial charge in [0.25, 0.3) is 0 Å². The van der Waals surface area contributed by atoms with Gasteiger partial charge in [0, 0.05) is 11.3 Å². The van der Waals surface area contributed by atoms with Crippen LogP contribution in [0.4, 0.5) is 5.69 Å². The predicted octanol–water partition coefficient (Wildman–Crippen LogP) is 2.94. The quantitative estimate of drug-likeness (QED) is 0.624. The molecule has 2 aromatic rings. The number of piperazine rings is 1. The van der Waals surface area contributed by atoms with Crippen molar-refractivity contribution in [3.8, 4) is 0 Å². The van der Waals surface area contributed by atoms with Gasteiger partial charge in [0.15, 0.2) is 5.78 Å². The molecular weight excluding hydrogens is 260 g/mol. The Kier molecular flexibility index (Phi) is 3.46. The van der Waals surface area contributed by atoms with Gasteiger partial charge in [-0.05, 0) is 35.9 Å². The smallest absolute Gasteiger partial charge is 0.159 e. The highest BCUT2D eigenvalue weighted by molar-refractivity contribution is 5.99. The number of quaternary nitrogens is 1. The molecule has 3 nitrogen and oxygen atoms in total. The van der Waals surface area contributed by atoms with E-state index in [1.54, 1.807) is 6.92 Å². The van der Waals surface area contributed by atoms with E-state index in [1.165, 1.54) is 24.2 Å². The molecule has 3 heteroatoms. The van der Waals surface area contributed by atoms with E-state index >= 15 is 0 Å². The molecule has 0 saturated carbocycles. The highest BCUT2D eigenvalue weighted by Gasteiger charge is 2.24. The summed E-state index contributed by atoms with van der Waals surface area (Å²) in [5.74, 6) is 0.122. The maximum atomic E-state index is 11.5. The van der Waals surface area contributed by atoms with Crippen LogP contribution in [0.15, 0.2) is 36.4 Å². The first-order valence-corrected chi connectivity index (χ1v) is 7.56. The highest BCUT2D eigenvalue weighted by Crippen LogP contribution is 2.25. The van der Waals surface area contributed by atoms with Crippen LogP contribution in [0.25, 0.3) is 10.8 Å². The minimum atomic E-state index is 0.122. The summed E-state index contributed by atoms with van der Waals surface area (Å²) < 4.78 is 1.10. The van der Waals surface area contributed by atoms with Crippen LogP contribution in [0.5, 0.6) is 0 Å². The Labute approximate surface area is 126 Å². The number of benzene rings is 2. The Hall–Kier alpha value is -1.87. The van der Waals surface area contributed by atoms with Gasteiger partial charge in [-0.2, -0.15) is 0 Å². The van der Waals surface area contributed by atoms with Gasteiger partial charge >= 0.3 is 0 Å². The zero-order valence-electron chi connectivity index (χ0n) is 13.1. The summed E-state index contributed by atoms with van der Waals surface area (Å²) in [4.78, 5) is 13.9. The van der Waals surface area contributed by atoms with Crippen molar-refractivity contribution in [1.29, 1.82) is 0 Å². The van der Waals surface area contributed by atoms with E-state index in [-0.39, 0.29) is 5.78 Å². The van der Waals surface area contributed by atoms with Crippen molar-refractivity contribution < 1.29 is 9.28 Å². The minimum absolute atomic E-state index is 0.122. The molecule has 0 unspecified atom stereocenters. The Bertz CT molecular complexity index is 681. The summed E-state index contributed by atoms with van der Waals surface area (Å²) in [5.41, 5.74) is 2.07. The molecule has 1 saturated heterocycles. The second-order valence-electron chi connectivity index (χ2n) is 6.67. The van der Waals surface area contributed by atoms with E-state index in [1.807, 2.05) is 12.1 Å². The molecule has 1 heterocycles. The van der Waals surface area contributed by atoms with Crippen LogP contribution in [0.1, 0.15) is 17.3 Å². The lowest BCUT2D eigenvalue weighted by Gasteiger charge is -2.40. The summed E-state index contributed by atoms with van der Waals surface area (Å²) in [5, 5.41) is 2.34. The van der Waals surface area contributed by atoms with E-state index in [4.69, 9.17) is 0 Å². The number of anilines is 1. The van der Waals surface area contributed by atoms with Gasteiger partial charge < -0.3 is 9.38 Å². The predicted molar refractivity (Wildman–Crippen MR) is 88.0 cm³/mol. The van der Waals surface area contributed by atoms with E-state index < -0.39 is 0 Å². The van der Waals surface area contributed by atoms with Crippen LogP contribution in [0, 0.1) is 0 Å². The zero-order valence-corrected chi connectivity index (χ0v) is 13.1. The maximum Gasteiger partial charge on any atom is 0.159 e. The lowest BCUT2D eigenvalue weighted by atomic mass is 10.0. The number of carbonyl (C=O) groups excluding carboxylic acids is 1. The first-order chi connectivity index (χ1) is 9.94. The number of hydrogen-bond acceptors (Lipinski definition) is 2. The van der Waals surface area contributed by atoms with Crippen molar-refractivity contribution in [3.63, 3.8) is 0 Å². The molecule has 0 amide bonds. The van der Waals surface area contributed by atoms with Gasteiger partial charge in [-0.15, -0.1) is 0 Å². The van der Waals surface area contributed by atoms with E-state index in [9.17, 15) is 4.79 Å². The third-order valence-corrected chi connectivity index (χ3v) is 4.55. The summed E-state index contributed by atoms with van der Waals surface area (Å²) in [7, 11) is 4.59. The Morgan fingerprint density at radius 3 is 2.29 bits per heavy atom. The summed E-state index contributed by atoms with van der Waals surface area (Å²) >= 11 is 0. The topological polar surface area (TPSA) is 20.3 Å². The van der Waals surface area contributed by atoms with Crippen molar-refractivity contribution in [2.24, 2.45) is 0 Å². The largest absolute Gasteiger partial charge is 0.360 e. The number of Topliss-reactive ketones (excluding diaryl/α,β-unsaturated/α-hetero) is 1. The van der Waals surface area contributed by atoms with Crippen molar-refractivity contribution >= 4 is 22.2 Å². The van der Waals surface area contributed by atoms with Crippen LogP contribution in [0.3, 0.4) is 0 Å². The molecular formula is C18H23N2O+. The molecule has 0 spiro atoms. The Balaban J connectivity index is 1.88. The van der Waals surface area contributed by atoms with Gasteiger partial charge in [-0.25, -0.2) is 0 Å². The number of carbonyl (C=O) groups is 1. The lowest BCUT2D eigenvalue weighted by Crippen LogP contribution is -2.54. The SMILES string of the molecule is CC(=O)c1ccc2cc(N3CC[N+](C)(C)CC3)ccc2c1. The first kappa shape index (κ1) is 14.1. The second-order valence-corrected chi connectivity index (χ2v) is 6.67. The molecule has 0 atom stereocenters. The summed E-state index contributed by atoms with van der Waals surface area (Å²) in [6, 6.07) is 12.5. The number of fused-ring (bicyclic) bond motifs is 1. The van der Waals surface area contributed by atoms with Crippen LogP contribution in [-0.4, -0.2) is 50.5 Å². The van der Waals surface area contributed by atoms with Crippen LogP contribution in [-0.2, 0) is 0 Å². The van der Waals surface area contributed by atoms with E-state index in [0.717, 1.165) is 28.5 Å². The average Bonchev–Trinajstić information content (AvgIpc) is 2.46. The fourth-order valence-electron chi connectivity index (χ4n) is 2.91. The number of hydrogen-bond donors (Lipinski definition) is 0. The normalized spacial score (nSPS) is 18.0. The monoisotopic (exact) mass is 283 g/mol. The van der Waals surface area contributed by atoms with Gasteiger partial charge in [-0.1, -0.05) is 18.2 Å². The van der Waals surface area contributed by atoms with Crippen molar-refractivity contribution in [1.82, 2.24) is 0 Å². The lowest BCUT2D eigenvalue weighted by molar-refractivity contribution is -0.890. The third kappa shape index (κ3) is 2.93. The standard InChI is InChI=1S/C18H23N2O/c1-14(21)15-4-5-17-13-18(7-6-16(17)12-15)19-8-10-20(2,3)11-9-19/h4-7,12-13H,8-11H2,1-3H3/q+1. The fourth-order valence-corrected chi connectivity index (χ4v) is 2.91. The molecule has 3 rings (SSSR count). The average molecular weight is 283 g/mol. The second kappa shape index (κ2) is 5.15. The van der Waals surface area contributed by atoms with Crippen molar-refractivity contribution in [2.45, 2.75) is 6.92 Å². The number of ketones is 1. The Morgan fingerprint density at radius 1 is 1.00 bits per heavy atom. The van der Waals surface area contributed by atoms with Crippen LogP contribution >= 0.6 is 0 Å².